The first kappa shape index (κ1) is 21.2. The third-order valence-corrected chi connectivity index (χ3v) is 6.32. The number of hydrogen-bond acceptors (Lipinski definition) is 3. The Labute approximate surface area is 192 Å². The largest absolute Gasteiger partial charge is 0.381 e. The number of amides is 1. The van der Waals surface area contributed by atoms with Crippen LogP contribution in [0.5, 0.6) is 0 Å². The summed E-state index contributed by atoms with van der Waals surface area (Å²) in [6.07, 6.45) is 3.79. The summed E-state index contributed by atoms with van der Waals surface area (Å²) in [7, 11) is 0. The quantitative estimate of drug-likeness (QED) is 0.457. The Bertz CT molecular complexity index is 1320. The molecule has 0 radical (unpaired) electrons. The Balaban J connectivity index is 1.37. The Kier molecular flexibility index (Phi) is 6.05. The van der Waals surface area contributed by atoms with Gasteiger partial charge in [-0.3, -0.25) is 9.59 Å². The van der Waals surface area contributed by atoms with Gasteiger partial charge in [-0.15, -0.1) is 0 Å². The van der Waals surface area contributed by atoms with Crippen LogP contribution in [0.25, 0.3) is 21.9 Å². The molecule has 3 aromatic carbocycles. The second-order valence-electron chi connectivity index (χ2n) is 8.49. The summed E-state index contributed by atoms with van der Waals surface area (Å²) >= 11 is 0. The van der Waals surface area contributed by atoms with E-state index < -0.39 is 0 Å². The zero-order valence-electron chi connectivity index (χ0n) is 18.4. The van der Waals surface area contributed by atoms with Crippen LogP contribution in [-0.4, -0.2) is 23.7 Å². The van der Waals surface area contributed by atoms with Gasteiger partial charge in [0.05, 0.1) is 0 Å². The van der Waals surface area contributed by atoms with Crippen molar-refractivity contribution in [3.63, 3.8) is 0 Å². The van der Waals surface area contributed by atoms with Crippen LogP contribution in [0.3, 0.4) is 0 Å². The first-order chi connectivity index (χ1) is 16.2. The Morgan fingerprint density at radius 2 is 1.58 bits per heavy atom. The van der Waals surface area contributed by atoms with Gasteiger partial charge >= 0.3 is 0 Å². The molecule has 166 valence electrons. The van der Waals surface area contributed by atoms with E-state index in [9.17, 15) is 9.59 Å². The molecule has 1 aliphatic heterocycles. The van der Waals surface area contributed by atoms with Gasteiger partial charge < -0.3 is 14.6 Å². The van der Waals surface area contributed by atoms with Crippen LogP contribution >= 0.6 is 0 Å². The molecule has 5 rings (SSSR count). The molecule has 0 saturated carbocycles. The summed E-state index contributed by atoms with van der Waals surface area (Å²) in [5.41, 5.74) is 3.35. The lowest BCUT2D eigenvalue weighted by molar-refractivity contribution is 0.0610. The van der Waals surface area contributed by atoms with Gasteiger partial charge in [0.2, 0.25) is 0 Å². The van der Waals surface area contributed by atoms with E-state index in [0.717, 1.165) is 42.6 Å². The Hall–Kier alpha value is -3.70. The van der Waals surface area contributed by atoms with Gasteiger partial charge in [0.25, 0.3) is 11.5 Å². The molecule has 0 unspecified atom stereocenters. The van der Waals surface area contributed by atoms with Gasteiger partial charge in [-0.25, -0.2) is 0 Å². The van der Waals surface area contributed by atoms with E-state index in [1.807, 2.05) is 85.1 Å². The molecular formula is C28H26N2O3. The van der Waals surface area contributed by atoms with Crippen molar-refractivity contribution in [2.45, 2.75) is 19.4 Å². The Morgan fingerprint density at radius 1 is 0.848 bits per heavy atom. The highest BCUT2D eigenvalue weighted by atomic mass is 16.5. The fourth-order valence-corrected chi connectivity index (χ4v) is 4.42. The molecule has 33 heavy (non-hydrogen) atoms. The number of fused-ring (bicyclic) bond motifs is 1. The molecule has 1 saturated heterocycles. The molecule has 5 nitrogen and oxygen atoms in total. The lowest BCUT2D eigenvalue weighted by Gasteiger charge is -2.23. The summed E-state index contributed by atoms with van der Waals surface area (Å²) in [4.78, 5) is 26.0. The molecule has 1 aliphatic rings. The number of benzene rings is 3. The number of carbonyl (C=O) groups excluding carboxylic acids is 1. The molecule has 2 heterocycles. The van der Waals surface area contributed by atoms with E-state index in [2.05, 4.69) is 5.32 Å². The van der Waals surface area contributed by atoms with Crippen LogP contribution in [0.4, 0.5) is 5.69 Å². The van der Waals surface area contributed by atoms with Gasteiger partial charge in [0.1, 0.15) is 0 Å². The Morgan fingerprint density at radius 3 is 2.33 bits per heavy atom. The number of anilines is 1. The minimum Gasteiger partial charge on any atom is -0.381 e. The van der Waals surface area contributed by atoms with Gasteiger partial charge in [-0.1, -0.05) is 48.5 Å². The van der Waals surface area contributed by atoms with Crippen LogP contribution < -0.4 is 10.9 Å². The van der Waals surface area contributed by atoms with Gasteiger partial charge in [-0.2, -0.15) is 0 Å². The molecule has 1 aromatic heterocycles. The molecule has 0 spiro atoms. The molecule has 1 amide bonds. The second kappa shape index (κ2) is 9.43. The summed E-state index contributed by atoms with van der Waals surface area (Å²) in [5, 5.41) is 4.35. The highest BCUT2D eigenvalue weighted by molar-refractivity contribution is 6.09. The average molecular weight is 439 g/mol. The number of aromatic nitrogens is 1. The number of pyridine rings is 1. The maximum atomic E-state index is 13.1. The maximum absolute atomic E-state index is 13.1. The fraction of sp³-hybridized carbons (Fsp3) is 0.214. The van der Waals surface area contributed by atoms with Crippen molar-refractivity contribution in [2.24, 2.45) is 5.92 Å². The molecule has 1 fully saturated rings. The van der Waals surface area contributed by atoms with E-state index in [-0.39, 0.29) is 11.5 Å². The van der Waals surface area contributed by atoms with Crippen molar-refractivity contribution in [1.82, 2.24) is 4.57 Å². The third-order valence-electron chi connectivity index (χ3n) is 6.32. The molecule has 1 N–H and O–H groups in total. The minimum atomic E-state index is -0.200. The van der Waals surface area contributed by atoms with Crippen LogP contribution in [-0.2, 0) is 11.3 Å². The molecule has 0 atom stereocenters. The molecule has 0 bridgehead atoms. The summed E-state index contributed by atoms with van der Waals surface area (Å²) in [6.45, 7) is 2.22. The second-order valence-corrected chi connectivity index (χ2v) is 8.49. The number of nitrogens with one attached hydrogen (secondary N) is 1. The van der Waals surface area contributed by atoms with Crippen LogP contribution in [0.15, 0.2) is 89.9 Å². The third kappa shape index (κ3) is 4.59. The monoisotopic (exact) mass is 438 g/mol. The van der Waals surface area contributed by atoms with Gasteiger partial charge in [0, 0.05) is 48.0 Å². The standard InChI is InChI=1S/C28H26N2O3/c31-27(23-11-9-22(10-12-23)21-5-2-1-3-6-21)29-26-8-4-7-25-24(26)13-16-30(28(25)32)19-20-14-17-33-18-15-20/h1-13,16,20H,14-15,17-19H2,(H,29,31). The lowest BCUT2D eigenvalue weighted by Crippen LogP contribution is -2.27. The van der Waals surface area contributed by atoms with Crippen molar-refractivity contribution < 1.29 is 9.53 Å². The molecular weight excluding hydrogens is 412 g/mol. The van der Waals surface area contributed by atoms with Crippen LogP contribution in [0.2, 0.25) is 0 Å². The van der Waals surface area contributed by atoms with E-state index in [1.54, 1.807) is 4.57 Å². The zero-order chi connectivity index (χ0) is 22.6. The van der Waals surface area contributed by atoms with Gasteiger partial charge in [-0.05, 0) is 60.2 Å². The van der Waals surface area contributed by atoms with Crippen molar-refractivity contribution in [2.75, 3.05) is 18.5 Å². The average Bonchev–Trinajstić information content (AvgIpc) is 2.87. The predicted octanol–water partition coefficient (Wildman–Crippen LogP) is 5.35. The number of ether oxygens (including phenoxy) is 1. The van der Waals surface area contributed by atoms with E-state index in [1.165, 1.54) is 0 Å². The molecule has 5 heteroatoms. The van der Waals surface area contributed by atoms with Crippen LogP contribution in [0.1, 0.15) is 23.2 Å². The first-order valence-electron chi connectivity index (χ1n) is 11.4. The van der Waals surface area contributed by atoms with Gasteiger partial charge in [0.15, 0.2) is 0 Å². The lowest BCUT2D eigenvalue weighted by atomic mass is 10.00. The number of hydrogen-bond donors (Lipinski definition) is 1. The number of nitrogens with zero attached hydrogens (tertiary/aromatic N) is 1. The maximum Gasteiger partial charge on any atom is 0.258 e. The summed E-state index contributed by atoms with van der Waals surface area (Å²) in [6, 6.07) is 25.0. The highest BCUT2D eigenvalue weighted by Crippen LogP contribution is 2.24. The summed E-state index contributed by atoms with van der Waals surface area (Å²) in [5.74, 6) is 0.254. The summed E-state index contributed by atoms with van der Waals surface area (Å²) < 4.78 is 7.21. The first-order valence-corrected chi connectivity index (χ1v) is 11.4. The molecule has 4 aromatic rings. The minimum absolute atomic E-state index is 0.0256. The van der Waals surface area contributed by atoms with Crippen molar-refractivity contribution in [1.29, 1.82) is 0 Å². The van der Waals surface area contributed by atoms with E-state index in [0.29, 0.717) is 29.1 Å². The topological polar surface area (TPSA) is 60.3 Å². The smallest absolute Gasteiger partial charge is 0.258 e. The number of carbonyl (C=O) groups is 1. The number of rotatable bonds is 5. The van der Waals surface area contributed by atoms with Crippen molar-refractivity contribution in [3.8, 4) is 11.1 Å². The van der Waals surface area contributed by atoms with Crippen LogP contribution in [0, 0.1) is 5.92 Å². The van der Waals surface area contributed by atoms with E-state index >= 15 is 0 Å². The van der Waals surface area contributed by atoms with Crippen molar-refractivity contribution in [3.05, 3.63) is 101 Å². The molecule has 0 aliphatic carbocycles. The highest BCUT2D eigenvalue weighted by Gasteiger charge is 2.16. The fourth-order valence-electron chi connectivity index (χ4n) is 4.42. The van der Waals surface area contributed by atoms with Crippen molar-refractivity contribution >= 4 is 22.4 Å². The van der Waals surface area contributed by atoms with E-state index in [4.69, 9.17) is 4.74 Å². The SMILES string of the molecule is O=C(Nc1cccc2c(=O)n(CC3CCOCC3)ccc12)c1ccc(-c2ccccc2)cc1. The predicted molar refractivity (Wildman–Crippen MR) is 132 cm³/mol. The normalized spacial score (nSPS) is 14.3. The zero-order valence-corrected chi connectivity index (χ0v) is 18.4.